The van der Waals surface area contributed by atoms with E-state index in [1.165, 1.54) is 43.6 Å². The largest absolute Gasteiger partial charge is 0.353 e. The molecule has 0 unspecified atom stereocenters. The highest BCUT2D eigenvalue weighted by molar-refractivity contribution is 5.95. The SMILES string of the molecule is CC(=O)Nc1ccc(C(=O)NCCNC(=O)Cn2cnc(-c3ccc(F)cc3)cc2=O)cc1. The maximum atomic E-state index is 13.0. The van der Waals surface area contributed by atoms with E-state index in [1.54, 1.807) is 24.3 Å². The number of anilines is 1. The van der Waals surface area contributed by atoms with Gasteiger partial charge in [0.25, 0.3) is 11.5 Å². The van der Waals surface area contributed by atoms with Crippen molar-refractivity contribution in [3.8, 4) is 11.3 Å². The van der Waals surface area contributed by atoms with Crippen LogP contribution in [-0.4, -0.2) is 40.4 Å². The highest BCUT2D eigenvalue weighted by Gasteiger charge is 2.09. The normalized spacial score (nSPS) is 10.4. The van der Waals surface area contributed by atoms with Crippen LogP contribution in [0.15, 0.2) is 65.7 Å². The number of nitrogens with one attached hydrogen (secondary N) is 3. The molecule has 0 aliphatic rings. The predicted octanol–water partition coefficient (Wildman–Crippen LogP) is 1.55. The summed E-state index contributed by atoms with van der Waals surface area (Å²) >= 11 is 0. The van der Waals surface area contributed by atoms with Gasteiger partial charge in [0.05, 0.1) is 12.0 Å². The maximum Gasteiger partial charge on any atom is 0.254 e. The van der Waals surface area contributed by atoms with Crippen molar-refractivity contribution in [3.05, 3.63) is 82.7 Å². The first-order valence-corrected chi connectivity index (χ1v) is 10.1. The first kappa shape index (κ1) is 23.3. The molecule has 170 valence electrons. The van der Waals surface area contributed by atoms with E-state index < -0.39 is 11.5 Å². The molecule has 3 amide bonds. The van der Waals surface area contributed by atoms with Gasteiger partial charge in [-0.15, -0.1) is 0 Å². The molecule has 3 rings (SSSR count). The highest BCUT2D eigenvalue weighted by Crippen LogP contribution is 2.15. The van der Waals surface area contributed by atoms with E-state index in [0.29, 0.717) is 22.5 Å². The molecule has 0 atom stereocenters. The van der Waals surface area contributed by atoms with Crippen LogP contribution in [0.4, 0.5) is 10.1 Å². The summed E-state index contributed by atoms with van der Waals surface area (Å²) in [4.78, 5) is 51.7. The van der Waals surface area contributed by atoms with Gasteiger partial charge in [-0.2, -0.15) is 0 Å². The number of hydrogen-bond acceptors (Lipinski definition) is 5. The molecule has 9 nitrogen and oxygen atoms in total. The molecule has 0 bridgehead atoms. The van der Waals surface area contributed by atoms with Crippen LogP contribution >= 0.6 is 0 Å². The van der Waals surface area contributed by atoms with Gasteiger partial charge in [-0.05, 0) is 48.5 Å². The van der Waals surface area contributed by atoms with Crippen molar-refractivity contribution in [1.29, 1.82) is 0 Å². The monoisotopic (exact) mass is 451 g/mol. The zero-order valence-electron chi connectivity index (χ0n) is 17.8. The number of benzene rings is 2. The number of nitrogens with zero attached hydrogens (tertiary/aromatic N) is 2. The number of halogens is 1. The van der Waals surface area contributed by atoms with Crippen LogP contribution in [0.25, 0.3) is 11.3 Å². The van der Waals surface area contributed by atoms with E-state index in [4.69, 9.17) is 0 Å². The Bertz CT molecular complexity index is 1210. The lowest BCUT2D eigenvalue weighted by Gasteiger charge is -2.09. The average molecular weight is 451 g/mol. The zero-order valence-corrected chi connectivity index (χ0v) is 17.8. The summed E-state index contributed by atoms with van der Waals surface area (Å²) in [7, 11) is 0. The number of hydrogen-bond donors (Lipinski definition) is 3. The van der Waals surface area contributed by atoms with Gasteiger partial charge in [-0.1, -0.05) is 0 Å². The van der Waals surface area contributed by atoms with Gasteiger partial charge >= 0.3 is 0 Å². The molecule has 10 heteroatoms. The molecule has 0 saturated carbocycles. The van der Waals surface area contributed by atoms with E-state index in [-0.39, 0.29) is 37.3 Å². The summed E-state index contributed by atoms with van der Waals surface area (Å²) in [5, 5.41) is 7.90. The van der Waals surface area contributed by atoms with Gasteiger partial charge in [0.15, 0.2) is 0 Å². The van der Waals surface area contributed by atoms with E-state index in [9.17, 15) is 23.6 Å². The molecule has 0 aliphatic heterocycles. The summed E-state index contributed by atoms with van der Waals surface area (Å²) in [6.07, 6.45) is 1.26. The quantitative estimate of drug-likeness (QED) is 0.449. The second-order valence-corrected chi connectivity index (χ2v) is 7.11. The van der Waals surface area contributed by atoms with Crippen molar-refractivity contribution in [2.24, 2.45) is 0 Å². The Hall–Kier alpha value is -4.34. The van der Waals surface area contributed by atoms with Crippen LogP contribution in [0.1, 0.15) is 17.3 Å². The fourth-order valence-electron chi connectivity index (χ4n) is 2.92. The first-order chi connectivity index (χ1) is 15.8. The highest BCUT2D eigenvalue weighted by atomic mass is 19.1. The predicted molar refractivity (Wildman–Crippen MR) is 120 cm³/mol. The van der Waals surface area contributed by atoms with E-state index in [2.05, 4.69) is 20.9 Å². The third kappa shape index (κ3) is 6.82. The van der Waals surface area contributed by atoms with Gasteiger partial charge in [0.1, 0.15) is 12.4 Å². The molecular weight excluding hydrogens is 429 g/mol. The summed E-state index contributed by atoms with van der Waals surface area (Å²) in [5.41, 5.74) is 1.54. The Morgan fingerprint density at radius 2 is 1.64 bits per heavy atom. The topological polar surface area (TPSA) is 122 Å². The molecule has 0 saturated heterocycles. The third-order valence-corrected chi connectivity index (χ3v) is 4.53. The number of carbonyl (C=O) groups is 3. The number of rotatable bonds is 8. The summed E-state index contributed by atoms with van der Waals surface area (Å²) in [6.45, 7) is 1.53. The molecule has 0 spiro atoms. The minimum atomic E-state index is -0.421. The maximum absolute atomic E-state index is 13.0. The van der Waals surface area contributed by atoms with Crippen LogP contribution in [0.3, 0.4) is 0 Å². The fourth-order valence-corrected chi connectivity index (χ4v) is 2.92. The van der Waals surface area contributed by atoms with Crippen molar-refractivity contribution in [3.63, 3.8) is 0 Å². The average Bonchev–Trinajstić information content (AvgIpc) is 2.78. The van der Waals surface area contributed by atoms with Crippen molar-refractivity contribution < 1.29 is 18.8 Å². The van der Waals surface area contributed by atoms with Gasteiger partial charge < -0.3 is 16.0 Å². The van der Waals surface area contributed by atoms with Gasteiger partial charge in [0, 0.05) is 42.9 Å². The molecule has 0 radical (unpaired) electrons. The van der Waals surface area contributed by atoms with Crippen molar-refractivity contribution >= 4 is 23.4 Å². The second-order valence-electron chi connectivity index (χ2n) is 7.11. The Morgan fingerprint density at radius 1 is 0.970 bits per heavy atom. The molecular formula is C23H22FN5O4. The first-order valence-electron chi connectivity index (χ1n) is 10.1. The lowest BCUT2D eigenvalue weighted by molar-refractivity contribution is -0.121. The third-order valence-electron chi connectivity index (χ3n) is 4.53. The minimum Gasteiger partial charge on any atom is -0.353 e. The van der Waals surface area contributed by atoms with Crippen LogP contribution in [0.5, 0.6) is 0 Å². The molecule has 2 aromatic carbocycles. The van der Waals surface area contributed by atoms with Gasteiger partial charge in [-0.25, -0.2) is 9.37 Å². The fraction of sp³-hybridized carbons (Fsp3) is 0.174. The molecule has 3 N–H and O–H groups in total. The summed E-state index contributed by atoms with van der Waals surface area (Å²) in [5.74, 6) is -1.33. The zero-order chi connectivity index (χ0) is 23.8. The summed E-state index contributed by atoms with van der Waals surface area (Å²) in [6, 6.07) is 13.2. The second kappa shape index (κ2) is 10.8. The Labute approximate surface area is 188 Å². The van der Waals surface area contributed by atoms with Crippen molar-refractivity contribution in [2.45, 2.75) is 13.5 Å². The molecule has 3 aromatic rings. The van der Waals surface area contributed by atoms with Gasteiger partial charge in [-0.3, -0.25) is 23.7 Å². The summed E-state index contributed by atoms with van der Waals surface area (Å²) < 4.78 is 14.2. The smallest absolute Gasteiger partial charge is 0.254 e. The molecule has 33 heavy (non-hydrogen) atoms. The van der Waals surface area contributed by atoms with Crippen molar-refractivity contribution in [1.82, 2.24) is 20.2 Å². The molecule has 0 fully saturated rings. The van der Waals surface area contributed by atoms with Crippen molar-refractivity contribution in [2.75, 3.05) is 18.4 Å². The Kier molecular flexibility index (Phi) is 7.64. The molecule has 0 aliphatic carbocycles. The number of aromatic nitrogens is 2. The number of amides is 3. The Balaban J connectivity index is 1.44. The lowest BCUT2D eigenvalue weighted by Crippen LogP contribution is -2.37. The Morgan fingerprint density at radius 3 is 2.27 bits per heavy atom. The van der Waals surface area contributed by atoms with Gasteiger partial charge in [0.2, 0.25) is 11.8 Å². The van der Waals surface area contributed by atoms with Crippen LogP contribution in [0, 0.1) is 5.82 Å². The number of carbonyl (C=O) groups excluding carboxylic acids is 3. The van der Waals surface area contributed by atoms with E-state index in [0.717, 1.165) is 4.57 Å². The van der Waals surface area contributed by atoms with Crippen LogP contribution in [-0.2, 0) is 16.1 Å². The minimum absolute atomic E-state index is 0.171. The van der Waals surface area contributed by atoms with Crippen LogP contribution < -0.4 is 21.5 Å². The lowest BCUT2D eigenvalue weighted by atomic mass is 10.1. The standard InChI is InChI=1S/C23H22FN5O4/c1-15(30)28-19-8-4-17(5-9-19)23(33)26-11-10-25-21(31)13-29-14-27-20(12-22(29)32)16-2-6-18(24)7-3-16/h2-9,12,14H,10-11,13H2,1H3,(H,25,31)(H,26,33)(H,28,30). The van der Waals surface area contributed by atoms with E-state index >= 15 is 0 Å². The molecule has 1 aromatic heterocycles. The van der Waals surface area contributed by atoms with E-state index in [1.807, 2.05) is 0 Å². The van der Waals surface area contributed by atoms with Crippen LogP contribution in [0.2, 0.25) is 0 Å². The molecule has 1 heterocycles.